The molecule has 0 saturated heterocycles. The van der Waals surface area contributed by atoms with Gasteiger partial charge in [0.25, 0.3) is 0 Å². The number of nitrogens with two attached hydrogens (primary N) is 1. The molecule has 1 aromatic heterocycles. The number of fused-ring (bicyclic) bond motifs is 1. The molecule has 2 aromatic rings. The van der Waals surface area contributed by atoms with Crippen molar-refractivity contribution in [2.45, 2.75) is 12.5 Å². The monoisotopic (exact) mass is 248 g/mol. The van der Waals surface area contributed by atoms with Gasteiger partial charge in [0.2, 0.25) is 5.95 Å². The van der Waals surface area contributed by atoms with E-state index in [1.54, 1.807) is 0 Å². The van der Waals surface area contributed by atoms with E-state index in [1.165, 1.54) is 0 Å². The second-order valence-corrected chi connectivity index (χ2v) is 4.33. The second-order valence-electron chi connectivity index (χ2n) is 3.95. The van der Waals surface area contributed by atoms with Crippen molar-refractivity contribution in [1.82, 2.24) is 14.8 Å². The number of aromatic nitrogens is 3. The van der Waals surface area contributed by atoms with Gasteiger partial charge in [-0.15, -0.1) is 5.10 Å². The molecule has 5 nitrogen and oxygen atoms in total. The van der Waals surface area contributed by atoms with Crippen LogP contribution in [0.2, 0.25) is 0 Å². The van der Waals surface area contributed by atoms with Gasteiger partial charge in [-0.05, 0) is 18.3 Å². The van der Waals surface area contributed by atoms with Crippen LogP contribution in [0.4, 0.5) is 5.95 Å². The highest BCUT2D eigenvalue weighted by atomic mass is 32.1. The number of anilines is 1. The molecule has 0 saturated carbocycles. The van der Waals surface area contributed by atoms with E-state index < -0.39 is 0 Å². The third-order valence-electron chi connectivity index (χ3n) is 2.97. The van der Waals surface area contributed by atoms with Crippen LogP contribution < -0.4 is 10.5 Å². The quantitative estimate of drug-likeness (QED) is 0.756. The number of ether oxygens (including phenoxy) is 1. The molecular formula is C11H12N4OS. The summed E-state index contributed by atoms with van der Waals surface area (Å²) in [6, 6.07) is 8.04. The molecule has 3 N–H and O–H groups in total. The second kappa shape index (κ2) is 3.89. The zero-order valence-corrected chi connectivity index (χ0v) is 9.91. The van der Waals surface area contributed by atoms with Gasteiger partial charge in [0, 0.05) is 12.0 Å². The van der Waals surface area contributed by atoms with Crippen molar-refractivity contribution in [1.29, 1.82) is 0 Å². The molecular weight excluding hydrogens is 236 g/mol. The lowest BCUT2D eigenvalue weighted by molar-refractivity contribution is 0.256. The van der Waals surface area contributed by atoms with Crippen LogP contribution in [0.3, 0.4) is 0 Å². The van der Waals surface area contributed by atoms with Crippen molar-refractivity contribution in [2.75, 3.05) is 12.3 Å². The number of hydrogen-bond donors (Lipinski definition) is 2. The average Bonchev–Trinajstić information content (AvgIpc) is 2.69. The number of nitrogens with zero attached hydrogens (tertiary/aromatic N) is 2. The Hall–Kier alpha value is -1.82. The molecule has 0 fully saturated rings. The van der Waals surface area contributed by atoms with Crippen molar-refractivity contribution in [3.63, 3.8) is 0 Å². The van der Waals surface area contributed by atoms with Crippen LogP contribution in [0.15, 0.2) is 24.3 Å². The lowest BCUT2D eigenvalue weighted by Gasteiger charge is -2.26. The lowest BCUT2D eigenvalue weighted by Crippen LogP contribution is -2.21. The Labute approximate surface area is 103 Å². The highest BCUT2D eigenvalue weighted by molar-refractivity contribution is 7.71. The number of nitrogens with one attached hydrogen (secondary N) is 1. The van der Waals surface area contributed by atoms with E-state index in [0.717, 1.165) is 17.7 Å². The van der Waals surface area contributed by atoms with Crippen molar-refractivity contribution in [3.8, 4) is 5.75 Å². The molecule has 1 atom stereocenters. The highest BCUT2D eigenvalue weighted by Gasteiger charge is 2.24. The molecule has 3 rings (SSSR count). The summed E-state index contributed by atoms with van der Waals surface area (Å²) >= 11 is 5.21. The maximum Gasteiger partial charge on any atom is 0.221 e. The molecule has 6 heteroatoms. The summed E-state index contributed by atoms with van der Waals surface area (Å²) < 4.78 is 8.00. The van der Waals surface area contributed by atoms with Crippen molar-refractivity contribution >= 4 is 18.2 Å². The molecule has 1 aliphatic rings. The molecule has 0 amide bonds. The molecule has 1 unspecified atom stereocenters. The predicted octanol–water partition coefficient (Wildman–Crippen LogP) is 1.89. The Bertz CT molecular complexity index is 604. The van der Waals surface area contributed by atoms with Gasteiger partial charge in [-0.25, -0.2) is 5.10 Å². The van der Waals surface area contributed by atoms with E-state index in [1.807, 2.05) is 28.8 Å². The number of aromatic amines is 1. The van der Waals surface area contributed by atoms with Gasteiger partial charge in [-0.3, -0.25) is 4.57 Å². The Morgan fingerprint density at radius 3 is 3.06 bits per heavy atom. The van der Waals surface area contributed by atoms with E-state index in [4.69, 9.17) is 22.7 Å². The Balaban J connectivity index is 2.15. The first-order valence-electron chi connectivity index (χ1n) is 5.41. The van der Waals surface area contributed by atoms with Crippen molar-refractivity contribution in [3.05, 3.63) is 34.6 Å². The van der Waals surface area contributed by atoms with Gasteiger partial charge in [0.1, 0.15) is 5.75 Å². The molecule has 0 aliphatic carbocycles. The summed E-state index contributed by atoms with van der Waals surface area (Å²) in [7, 11) is 0. The highest BCUT2D eigenvalue weighted by Crippen LogP contribution is 2.35. The van der Waals surface area contributed by atoms with Crippen molar-refractivity contribution in [2.24, 2.45) is 0 Å². The maximum atomic E-state index is 5.84. The van der Waals surface area contributed by atoms with E-state index in [0.29, 0.717) is 17.3 Å². The first-order valence-corrected chi connectivity index (χ1v) is 5.82. The topological polar surface area (TPSA) is 68.9 Å². The molecule has 1 aromatic carbocycles. The standard InChI is InChI=1S/C11H12N4OS/c12-10-13-14-11(17)15(10)8-5-6-16-9-4-2-1-3-7(8)9/h1-4,8H,5-6H2,(H2,12,13)(H,14,17). The SMILES string of the molecule is Nc1n[nH]c(=S)n1C1CCOc2ccccc21. The van der Waals surface area contributed by atoms with Crippen molar-refractivity contribution < 1.29 is 4.74 Å². The zero-order chi connectivity index (χ0) is 11.8. The van der Waals surface area contributed by atoms with Crippen LogP contribution in [0.1, 0.15) is 18.0 Å². The number of nitrogen functional groups attached to an aromatic ring is 1. The predicted molar refractivity (Wildman–Crippen MR) is 66.5 cm³/mol. The summed E-state index contributed by atoms with van der Waals surface area (Å²) in [5, 5.41) is 6.66. The molecule has 88 valence electrons. The third kappa shape index (κ3) is 1.61. The largest absolute Gasteiger partial charge is 0.493 e. The first-order chi connectivity index (χ1) is 8.27. The molecule has 0 spiro atoms. The van der Waals surface area contributed by atoms with Crippen LogP contribution in [-0.2, 0) is 0 Å². The van der Waals surface area contributed by atoms with E-state index in [9.17, 15) is 0 Å². The fraction of sp³-hybridized carbons (Fsp3) is 0.273. The van der Waals surface area contributed by atoms with Crippen LogP contribution >= 0.6 is 12.2 Å². The molecule has 0 radical (unpaired) electrons. The van der Waals surface area contributed by atoms with Crippen LogP contribution in [0.5, 0.6) is 5.75 Å². The number of H-pyrrole nitrogens is 1. The van der Waals surface area contributed by atoms with Crippen LogP contribution in [0.25, 0.3) is 0 Å². The van der Waals surface area contributed by atoms with Gasteiger partial charge >= 0.3 is 0 Å². The fourth-order valence-electron chi connectivity index (χ4n) is 2.21. The number of benzene rings is 1. The smallest absolute Gasteiger partial charge is 0.221 e. The molecule has 2 heterocycles. The Morgan fingerprint density at radius 1 is 1.47 bits per heavy atom. The van der Waals surface area contributed by atoms with Gasteiger partial charge in [-0.2, -0.15) is 0 Å². The van der Waals surface area contributed by atoms with Crippen LogP contribution in [-0.4, -0.2) is 21.4 Å². The average molecular weight is 248 g/mol. The molecule has 0 bridgehead atoms. The zero-order valence-electron chi connectivity index (χ0n) is 9.09. The lowest BCUT2D eigenvalue weighted by atomic mass is 10.0. The van der Waals surface area contributed by atoms with E-state index in [2.05, 4.69) is 10.2 Å². The number of hydrogen-bond acceptors (Lipinski definition) is 4. The van der Waals surface area contributed by atoms with E-state index >= 15 is 0 Å². The third-order valence-corrected chi connectivity index (χ3v) is 3.26. The summed E-state index contributed by atoms with van der Waals surface area (Å²) in [5.41, 5.74) is 6.94. The summed E-state index contributed by atoms with van der Waals surface area (Å²) in [6.07, 6.45) is 0.842. The van der Waals surface area contributed by atoms with Gasteiger partial charge in [0.15, 0.2) is 4.77 Å². The minimum Gasteiger partial charge on any atom is -0.493 e. The number of para-hydroxylation sites is 1. The summed E-state index contributed by atoms with van der Waals surface area (Å²) in [6.45, 7) is 0.661. The number of rotatable bonds is 1. The fourth-order valence-corrected chi connectivity index (χ4v) is 2.48. The van der Waals surface area contributed by atoms with Gasteiger partial charge < -0.3 is 10.5 Å². The first kappa shape index (κ1) is 10.3. The van der Waals surface area contributed by atoms with Gasteiger partial charge in [0.05, 0.1) is 12.6 Å². The molecule has 1 aliphatic heterocycles. The minimum atomic E-state index is 0.103. The molecule has 17 heavy (non-hydrogen) atoms. The maximum absolute atomic E-state index is 5.84. The minimum absolute atomic E-state index is 0.103. The Kier molecular flexibility index (Phi) is 2.36. The van der Waals surface area contributed by atoms with Gasteiger partial charge in [-0.1, -0.05) is 18.2 Å². The Morgan fingerprint density at radius 2 is 2.29 bits per heavy atom. The van der Waals surface area contributed by atoms with Crippen LogP contribution in [0, 0.1) is 4.77 Å². The van der Waals surface area contributed by atoms with E-state index in [-0.39, 0.29) is 6.04 Å². The summed E-state index contributed by atoms with van der Waals surface area (Å²) in [5.74, 6) is 1.31. The summed E-state index contributed by atoms with van der Waals surface area (Å²) in [4.78, 5) is 0. The normalized spacial score (nSPS) is 18.5.